The molecular weight excluding hydrogens is 1650 g/mol. The zero-order chi connectivity index (χ0) is 55.7. The van der Waals surface area contributed by atoms with Crippen LogP contribution < -0.4 is 41.7 Å². The van der Waals surface area contributed by atoms with Crippen LogP contribution in [0.2, 0.25) is 0 Å². The molecule has 0 heterocycles. The number of nitrogens with zero attached hydrogens (tertiary/aromatic N) is 2. The molecule has 408 valence electrons. The molecule has 2 aromatic rings. The molecule has 2 aromatic carbocycles. The average molecular weight is 1710 g/mol. The molecule has 0 saturated carbocycles. The second-order valence-corrected chi connectivity index (χ2v) is 22.3. The Balaban J connectivity index is 2.54. The SMILES string of the molecule is CC(=O)N(CC(=O)NCC(CO)(CO)CNC(=O)CN(C(C)=O)c1c(I)c(C(=O)NCC(O)CO)c(I)c(C(=O)NCC(O)CO)c1I)c1c(I)c(C(=O)NCC(O)CO)c(I)c(C(=O)NCC(O)CO)c1I. The van der Waals surface area contributed by atoms with E-state index in [4.69, 9.17) is 0 Å². The number of anilines is 2. The van der Waals surface area contributed by atoms with E-state index in [-0.39, 0.29) is 55.0 Å². The summed E-state index contributed by atoms with van der Waals surface area (Å²) in [5.74, 6) is -6.65. The van der Waals surface area contributed by atoms with Gasteiger partial charge in [0.25, 0.3) is 23.6 Å². The van der Waals surface area contributed by atoms with Crippen molar-refractivity contribution in [2.24, 2.45) is 5.41 Å². The highest BCUT2D eigenvalue weighted by Crippen LogP contribution is 2.40. The molecule has 0 bridgehead atoms. The number of aliphatic hydroxyl groups is 10. The molecule has 73 heavy (non-hydrogen) atoms. The Morgan fingerprint density at radius 3 is 0.849 bits per heavy atom. The smallest absolute Gasteiger partial charge is 0.253 e. The molecule has 0 aromatic heterocycles. The highest BCUT2D eigenvalue weighted by atomic mass is 127. The molecule has 0 fully saturated rings. The van der Waals surface area contributed by atoms with Crippen LogP contribution in [0.1, 0.15) is 55.3 Å². The zero-order valence-corrected chi connectivity index (χ0v) is 51.6. The van der Waals surface area contributed by atoms with Crippen molar-refractivity contribution in [1.29, 1.82) is 0 Å². The highest BCUT2D eigenvalue weighted by molar-refractivity contribution is 14.1. The van der Waals surface area contributed by atoms with Crippen molar-refractivity contribution in [3.8, 4) is 0 Å². The Labute approximate surface area is 499 Å². The second kappa shape index (κ2) is 32.2. The van der Waals surface area contributed by atoms with Gasteiger partial charge in [0, 0.05) is 60.3 Å². The van der Waals surface area contributed by atoms with Gasteiger partial charge in [-0.3, -0.25) is 38.4 Å². The van der Waals surface area contributed by atoms with Gasteiger partial charge in [-0.2, -0.15) is 0 Å². The lowest BCUT2D eigenvalue weighted by atomic mass is 9.89. The first-order valence-electron chi connectivity index (χ1n) is 21.2. The van der Waals surface area contributed by atoms with E-state index in [2.05, 4.69) is 31.9 Å². The minimum absolute atomic E-state index is 0.0650. The fourth-order valence-electron chi connectivity index (χ4n) is 6.03. The van der Waals surface area contributed by atoms with E-state index >= 15 is 0 Å². The minimum Gasteiger partial charge on any atom is -0.396 e. The van der Waals surface area contributed by atoms with Crippen molar-refractivity contribution < 1.29 is 89.4 Å². The maximum atomic E-state index is 13.7. The van der Waals surface area contributed by atoms with Crippen LogP contribution in [0, 0.1) is 26.8 Å². The van der Waals surface area contributed by atoms with Gasteiger partial charge in [0.15, 0.2) is 0 Å². The van der Waals surface area contributed by atoms with Crippen LogP contribution in [-0.2, 0) is 19.2 Å². The molecule has 16 N–H and O–H groups in total. The molecule has 4 atom stereocenters. The molecule has 0 aliphatic carbocycles. The zero-order valence-electron chi connectivity index (χ0n) is 38.6. The number of benzene rings is 2. The topological polar surface area (TPSA) is 418 Å². The Bertz CT molecular complexity index is 2110. The summed E-state index contributed by atoms with van der Waals surface area (Å²) in [4.78, 5) is 110. The largest absolute Gasteiger partial charge is 0.396 e. The summed E-state index contributed by atoms with van der Waals surface area (Å²) in [7, 11) is 0. The lowest BCUT2D eigenvalue weighted by Gasteiger charge is -2.32. The molecule has 32 heteroatoms. The molecule has 0 aliphatic rings. The normalized spacial score (nSPS) is 13.0. The van der Waals surface area contributed by atoms with Crippen LogP contribution in [0.3, 0.4) is 0 Å². The monoisotopic (exact) mass is 1710 g/mol. The summed E-state index contributed by atoms with van der Waals surface area (Å²) in [6.07, 6.45) is -5.41. The fraction of sp³-hybridized carbons (Fsp3) is 0.512. The van der Waals surface area contributed by atoms with Crippen molar-refractivity contribution in [3.05, 3.63) is 43.7 Å². The summed E-state index contributed by atoms with van der Waals surface area (Å²) in [6.45, 7) is -6.55. The van der Waals surface area contributed by atoms with Gasteiger partial charge in [0.05, 0.1) is 117 Å². The van der Waals surface area contributed by atoms with E-state index < -0.39 is 169 Å². The van der Waals surface area contributed by atoms with Gasteiger partial charge in [-0.25, -0.2) is 0 Å². The van der Waals surface area contributed by atoms with Crippen LogP contribution in [0.5, 0.6) is 0 Å². The predicted octanol–water partition coefficient (Wildman–Crippen LogP) is -3.74. The molecule has 4 unspecified atom stereocenters. The third-order valence-electron chi connectivity index (χ3n) is 10.2. The van der Waals surface area contributed by atoms with E-state index in [1.54, 1.807) is 136 Å². The van der Waals surface area contributed by atoms with Crippen molar-refractivity contribution in [1.82, 2.24) is 31.9 Å². The van der Waals surface area contributed by atoms with E-state index in [0.717, 1.165) is 23.6 Å². The number of aliphatic hydroxyl groups excluding tert-OH is 10. The van der Waals surface area contributed by atoms with Gasteiger partial charge in [0.2, 0.25) is 23.6 Å². The van der Waals surface area contributed by atoms with Crippen LogP contribution in [0.15, 0.2) is 0 Å². The highest BCUT2D eigenvalue weighted by Gasteiger charge is 2.36. The standard InChI is InChI=1S/C41H54I6N8O18/c1-17(62)54(35-31(44)25(37(70)48-3-19(64)9-56)29(42)26(32(35)45)38(71)49-4-20(65)10-57)7-23(68)52-13-41(15-60,16-61)14-53-24(69)8-55(18(2)63)36-33(46)27(39(72)50-5-21(66)11-58)30(43)28(34(36)47)40(73)51-6-22(67)12-59/h19-22,56-61,64-67H,3-16H2,1-2H3,(H,48,70)(H,49,71)(H,50,72)(H,51,73)(H,52,68)(H,53,69). The lowest BCUT2D eigenvalue weighted by Crippen LogP contribution is -2.53. The maximum Gasteiger partial charge on any atom is 0.253 e. The van der Waals surface area contributed by atoms with Gasteiger partial charge in [-0.15, -0.1) is 0 Å². The Hall–Kier alpha value is -1.82. The van der Waals surface area contributed by atoms with E-state index in [9.17, 15) is 89.4 Å². The van der Waals surface area contributed by atoms with Crippen molar-refractivity contribution in [2.45, 2.75) is 38.3 Å². The molecular formula is C41H54I6N8O18. The Morgan fingerprint density at radius 2 is 0.658 bits per heavy atom. The number of nitrogens with one attached hydrogen (secondary N) is 6. The Kier molecular flexibility index (Phi) is 29.7. The van der Waals surface area contributed by atoms with Crippen LogP contribution >= 0.6 is 136 Å². The van der Waals surface area contributed by atoms with Gasteiger partial charge in [0.1, 0.15) is 13.1 Å². The number of carbonyl (C=O) groups is 8. The van der Waals surface area contributed by atoms with Crippen molar-refractivity contribution in [2.75, 3.05) is 102 Å². The summed E-state index contributed by atoms with van der Waals surface area (Å²) in [5, 5.41) is 113. The second-order valence-electron chi connectivity index (χ2n) is 15.8. The summed E-state index contributed by atoms with van der Waals surface area (Å²) < 4.78 is 0.423. The molecule has 0 spiro atoms. The predicted molar refractivity (Wildman–Crippen MR) is 310 cm³/mol. The van der Waals surface area contributed by atoms with Crippen LogP contribution in [0.25, 0.3) is 0 Å². The van der Waals surface area contributed by atoms with Gasteiger partial charge in [-0.05, 0) is 136 Å². The first kappa shape index (κ1) is 67.3. The van der Waals surface area contributed by atoms with Gasteiger partial charge in [-0.1, -0.05) is 0 Å². The van der Waals surface area contributed by atoms with Gasteiger partial charge >= 0.3 is 0 Å². The van der Waals surface area contributed by atoms with E-state index in [1.165, 1.54) is 0 Å². The van der Waals surface area contributed by atoms with E-state index in [0.29, 0.717) is 0 Å². The average Bonchev–Trinajstić information content (AvgIpc) is 3.34. The molecule has 0 aliphatic heterocycles. The molecule has 26 nitrogen and oxygen atoms in total. The van der Waals surface area contributed by atoms with Crippen LogP contribution in [0.4, 0.5) is 11.4 Å². The quantitative estimate of drug-likeness (QED) is 0.0364. The molecule has 0 saturated heterocycles. The number of hydrogen-bond donors (Lipinski definition) is 16. The minimum atomic E-state index is -1.70. The third-order valence-corrected chi connectivity index (χ3v) is 16.6. The van der Waals surface area contributed by atoms with Crippen LogP contribution in [-0.4, -0.2) is 215 Å². The van der Waals surface area contributed by atoms with Crippen molar-refractivity contribution >= 4 is 194 Å². The first-order valence-corrected chi connectivity index (χ1v) is 27.7. The molecule has 2 rings (SSSR count). The van der Waals surface area contributed by atoms with Crippen molar-refractivity contribution in [3.63, 3.8) is 0 Å². The van der Waals surface area contributed by atoms with Gasteiger partial charge < -0.3 is 92.8 Å². The third kappa shape index (κ3) is 18.7. The first-order chi connectivity index (χ1) is 34.2. The fourth-order valence-corrected chi connectivity index (χ4v) is 15.5. The number of hydrogen-bond acceptors (Lipinski definition) is 18. The Morgan fingerprint density at radius 1 is 0.425 bits per heavy atom. The number of rotatable bonds is 28. The summed E-state index contributed by atoms with van der Waals surface area (Å²) >= 11 is 10.4. The lowest BCUT2D eigenvalue weighted by molar-refractivity contribution is -0.124. The number of halogens is 6. The molecule has 8 amide bonds. The number of carbonyl (C=O) groups excluding carboxylic acids is 8. The summed E-state index contributed by atoms with van der Waals surface area (Å²) in [6, 6.07) is 0. The maximum absolute atomic E-state index is 13.7. The molecule has 0 radical (unpaired) electrons. The summed E-state index contributed by atoms with van der Waals surface area (Å²) in [5.41, 5.74) is -2.50. The van der Waals surface area contributed by atoms with E-state index in [1.807, 2.05) is 0 Å². The number of amides is 8.